The van der Waals surface area contributed by atoms with E-state index in [4.69, 9.17) is 30.0 Å². The maximum Gasteiger partial charge on any atom is 0.503 e. The van der Waals surface area contributed by atoms with E-state index in [-0.39, 0.29) is 27.3 Å². The van der Waals surface area contributed by atoms with E-state index in [1.807, 2.05) is 0 Å². The van der Waals surface area contributed by atoms with Gasteiger partial charge in [-0.1, -0.05) is 0 Å². The van der Waals surface area contributed by atoms with Crippen molar-refractivity contribution in [2.24, 2.45) is 0 Å². The van der Waals surface area contributed by atoms with Gasteiger partial charge >= 0.3 is 12.3 Å². The zero-order valence-electron chi connectivity index (χ0n) is 4.31. The summed E-state index contributed by atoms with van der Waals surface area (Å²) in [6.45, 7) is 0. The third-order valence-electron chi connectivity index (χ3n) is 0. The standard InChI is InChI=1S/2CH2O3.Cd/c2*2-1(3)4;/h2*(H2,2,3,4);. The van der Waals surface area contributed by atoms with E-state index in [2.05, 4.69) is 0 Å². The van der Waals surface area contributed by atoms with Crippen molar-refractivity contribution in [3.8, 4) is 0 Å². The van der Waals surface area contributed by atoms with Crippen LogP contribution < -0.4 is 0 Å². The Morgan fingerprint density at radius 1 is 0.778 bits per heavy atom. The molecule has 7 heteroatoms. The summed E-state index contributed by atoms with van der Waals surface area (Å²) in [4.78, 5) is 17.1. The van der Waals surface area contributed by atoms with Crippen LogP contribution in [-0.2, 0) is 27.3 Å². The molecule has 0 aliphatic carbocycles. The number of carboxylic acid groups (broad SMARTS) is 4. The van der Waals surface area contributed by atoms with Gasteiger partial charge < -0.3 is 20.4 Å². The van der Waals surface area contributed by atoms with Crippen LogP contribution in [0.4, 0.5) is 9.59 Å². The minimum atomic E-state index is -1.83. The zero-order chi connectivity index (χ0) is 7.15. The van der Waals surface area contributed by atoms with Gasteiger partial charge in [-0.15, -0.1) is 0 Å². The van der Waals surface area contributed by atoms with Crippen molar-refractivity contribution in [2.75, 3.05) is 0 Å². The Balaban J connectivity index is -0.0000000720. The van der Waals surface area contributed by atoms with Crippen LogP contribution in [0.5, 0.6) is 0 Å². The molecule has 0 aromatic heterocycles. The Hall–Kier alpha value is -0.538. The maximum absolute atomic E-state index is 8.56. The Bertz CT molecular complexity index is 69.1. The molecule has 0 atom stereocenters. The summed E-state index contributed by atoms with van der Waals surface area (Å²) in [6.07, 6.45) is -3.67. The molecule has 50 valence electrons. The fourth-order valence-electron chi connectivity index (χ4n) is 0. The van der Waals surface area contributed by atoms with Crippen LogP contribution in [0.15, 0.2) is 0 Å². The van der Waals surface area contributed by atoms with Crippen LogP contribution >= 0.6 is 0 Å². The second kappa shape index (κ2) is 10.4. The molecule has 0 fully saturated rings. The van der Waals surface area contributed by atoms with Crippen molar-refractivity contribution in [2.45, 2.75) is 0 Å². The number of rotatable bonds is 0. The van der Waals surface area contributed by atoms with Crippen molar-refractivity contribution in [3.63, 3.8) is 0 Å². The second-order valence-electron chi connectivity index (χ2n) is 0.565. The summed E-state index contributed by atoms with van der Waals surface area (Å²) in [7, 11) is 0. The van der Waals surface area contributed by atoms with E-state index >= 15 is 0 Å². The molecule has 0 bridgehead atoms. The minimum Gasteiger partial charge on any atom is -0.450 e. The first-order valence-corrected chi connectivity index (χ1v) is 1.30. The molecule has 0 spiro atoms. The maximum atomic E-state index is 8.56. The van der Waals surface area contributed by atoms with E-state index in [0.29, 0.717) is 0 Å². The smallest absolute Gasteiger partial charge is 0.450 e. The van der Waals surface area contributed by atoms with Crippen molar-refractivity contribution in [1.82, 2.24) is 0 Å². The van der Waals surface area contributed by atoms with E-state index < -0.39 is 12.3 Å². The van der Waals surface area contributed by atoms with Gasteiger partial charge in [-0.25, -0.2) is 9.59 Å². The largest absolute Gasteiger partial charge is 0.503 e. The van der Waals surface area contributed by atoms with Gasteiger partial charge in [0.25, 0.3) is 0 Å². The van der Waals surface area contributed by atoms with Gasteiger partial charge in [-0.05, 0) is 0 Å². The average molecular weight is 236 g/mol. The molecular weight excluding hydrogens is 232 g/mol. The van der Waals surface area contributed by atoms with E-state index in [1.54, 1.807) is 0 Å². The predicted octanol–water partition coefficient (Wildman–Crippen LogP) is 0.442. The van der Waals surface area contributed by atoms with Crippen molar-refractivity contribution >= 4 is 12.3 Å². The molecule has 0 aromatic carbocycles. The minimum absolute atomic E-state index is 0. The predicted molar refractivity (Wildman–Crippen MR) is 21.3 cm³/mol. The van der Waals surface area contributed by atoms with Crippen LogP contribution in [-0.4, -0.2) is 32.7 Å². The zero-order valence-corrected chi connectivity index (χ0v) is 8.35. The molecule has 6 nitrogen and oxygen atoms in total. The Kier molecular flexibility index (Phi) is 18.3. The van der Waals surface area contributed by atoms with Crippen LogP contribution in [0, 0.1) is 0 Å². The number of carbonyl (C=O) groups is 2. The van der Waals surface area contributed by atoms with Crippen LogP contribution in [0.25, 0.3) is 0 Å². The van der Waals surface area contributed by atoms with Gasteiger partial charge in [0.1, 0.15) is 0 Å². The molecule has 0 saturated heterocycles. The van der Waals surface area contributed by atoms with E-state index in [1.165, 1.54) is 0 Å². The van der Waals surface area contributed by atoms with Gasteiger partial charge in [0.05, 0.1) is 0 Å². The number of hydrogen-bond acceptors (Lipinski definition) is 2. The molecule has 0 aliphatic heterocycles. The monoisotopic (exact) mass is 238 g/mol. The summed E-state index contributed by atoms with van der Waals surface area (Å²) >= 11 is 0. The molecule has 4 N–H and O–H groups in total. The van der Waals surface area contributed by atoms with E-state index in [0.717, 1.165) is 0 Å². The van der Waals surface area contributed by atoms with Gasteiger partial charge in [0, 0.05) is 27.3 Å². The van der Waals surface area contributed by atoms with Gasteiger partial charge in [-0.2, -0.15) is 0 Å². The molecule has 0 radical (unpaired) electrons. The Morgan fingerprint density at radius 2 is 0.778 bits per heavy atom. The third kappa shape index (κ3) is 769. The molecule has 9 heavy (non-hydrogen) atoms. The topological polar surface area (TPSA) is 115 Å². The molecular formula is C2H4CdO6. The molecule has 0 heterocycles. The first-order chi connectivity index (χ1) is 3.46. The van der Waals surface area contributed by atoms with Crippen molar-refractivity contribution in [3.05, 3.63) is 0 Å². The molecule has 0 unspecified atom stereocenters. The number of hydrogen-bond donors (Lipinski definition) is 4. The van der Waals surface area contributed by atoms with Crippen LogP contribution in [0.2, 0.25) is 0 Å². The Labute approximate surface area is 69.9 Å². The molecule has 0 saturated carbocycles. The molecule has 0 aliphatic rings. The normalized spacial score (nSPS) is 5.33. The summed E-state index contributed by atoms with van der Waals surface area (Å²) in [5.74, 6) is 0. The fraction of sp³-hybridized carbons (Fsp3) is 0. The first-order valence-electron chi connectivity index (χ1n) is 1.30. The van der Waals surface area contributed by atoms with Crippen LogP contribution in [0.3, 0.4) is 0 Å². The third-order valence-corrected chi connectivity index (χ3v) is 0. The summed E-state index contributed by atoms with van der Waals surface area (Å²) < 4.78 is 0. The molecule has 0 amide bonds. The Morgan fingerprint density at radius 3 is 0.778 bits per heavy atom. The summed E-state index contributed by atoms with van der Waals surface area (Å²) in [6, 6.07) is 0. The van der Waals surface area contributed by atoms with Gasteiger partial charge in [0.15, 0.2) is 0 Å². The molecule has 0 aromatic rings. The van der Waals surface area contributed by atoms with Gasteiger partial charge in [0.2, 0.25) is 0 Å². The van der Waals surface area contributed by atoms with Crippen molar-refractivity contribution in [1.29, 1.82) is 0 Å². The van der Waals surface area contributed by atoms with E-state index in [9.17, 15) is 0 Å². The van der Waals surface area contributed by atoms with Crippen LogP contribution in [0.1, 0.15) is 0 Å². The van der Waals surface area contributed by atoms with Crippen molar-refractivity contribution < 1.29 is 57.3 Å². The van der Waals surface area contributed by atoms with Gasteiger partial charge in [-0.3, -0.25) is 0 Å². The fourth-order valence-corrected chi connectivity index (χ4v) is 0. The first kappa shape index (κ1) is 15.8. The summed E-state index contributed by atoms with van der Waals surface area (Å²) in [5, 5.41) is 27.9. The molecule has 0 rings (SSSR count). The SMILES string of the molecule is O=C(O)O.O=C(O)O.[Cd]. The average Bonchev–Trinajstić information content (AvgIpc) is 1.25. The quantitative estimate of drug-likeness (QED) is 0.454. The second-order valence-corrected chi connectivity index (χ2v) is 0.565. The summed E-state index contributed by atoms with van der Waals surface area (Å²) in [5.41, 5.74) is 0.